The normalized spacial score (nSPS) is 19.2. The summed E-state index contributed by atoms with van der Waals surface area (Å²) in [4.78, 5) is 16.3. The van der Waals surface area contributed by atoms with Gasteiger partial charge in [0.15, 0.2) is 6.19 Å². The van der Waals surface area contributed by atoms with Gasteiger partial charge >= 0.3 is 0 Å². The molecule has 0 bridgehead atoms. The van der Waals surface area contributed by atoms with Gasteiger partial charge in [0, 0.05) is 19.6 Å². The van der Waals surface area contributed by atoms with Gasteiger partial charge in [-0.2, -0.15) is 5.26 Å². The van der Waals surface area contributed by atoms with Crippen molar-refractivity contribution in [3.63, 3.8) is 0 Å². The molecule has 2 aromatic carbocycles. The molecular weight excluding hydrogens is 298 g/mol. The summed E-state index contributed by atoms with van der Waals surface area (Å²) in [5.74, 6) is 0.0894. The maximum Gasteiger partial charge on any atom is 0.246 e. The average Bonchev–Trinajstić information content (AvgIpc) is 3.27. The van der Waals surface area contributed by atoms with Crippen LogP contribution < -0.4 is 0 Å². The predicted molar refractivity (Wildman–Crippen MR) is 91.5 cm³/mol. The van der Waals surface area contributed by atoms with Gasteiger partial charge in [-0.15, -0.1) is 0 Å². The van der Waals surface area contributed by atoms with E-state index in [1.165, 1.54) is 22.3 Å². The quantitative estimate of drug-likeness (QED) is 0.800. The molecule has 120 valence electrons. The summed E-state index contributed by atoms with van der Waals surface area (Å²) in [6, 6.07) is 16.5. The summed E-state index contributed by atoms with van der Waals surface area (Å²) in [7, 11) is 0. The molecule has 0 aliphatic carbocycles. The number of nitriles is 1. The Morgan fingerprint density at radius 2 is 1.83 bits per heavy atom. The molecule has 4 nitrogen and oxygen atoms in total. The molecule has 0 spiro atoms. The Labute approximate surface area is 141 Å². The fourth-order valence-electron chi connectivity index (χ4n) is 3.71. The van der Waals surface area contributed by atoms with Crippen LogP contribution >= 0.6 is 0 Å². The van der Waals surface area contributed by atoms with Gasteiger partial charge in [-0.25, -0.2) is 0 Å². The van der Waals surface area contributed by atoms with Gasteiger partial charge in [0.2, 0.25) is 5.91 Å². The molecule has 1 amide bonds. The van der Waals surface area contributed by atoms with Gasteiger partial charge in [-0.1, -0.05) is 42.5 Å². The maximum absolute atomic E-state index is 12.8. The van der Waals surface area contributed by atoms with E-state index < -0.39 is 0 Å². The second kappa shape index (κ2) is 6.01. The second-order valence-electron chi connectivity index (χ2n) is 6.50. The van der Waals surface area contributed by atoms with Gasteiger partial charge in [0.05, 0.1) is 0 Å². The van der Waals surface area contributed by atoms with Crippen LogP contribution in [0.1, 0.15) is 24.0 Å². The minimum absolute atomic E-state index is 0.0894. The van der Waals surface area contributed by atoms with Gasteiger partial charge in [0.1, 0.15) is 6.04 Å². The molecule has 2 heterocycles. The third-order valence-corrected chi connectivity index (χ3v) is 5.01. The van der Waals surface area contributed by atoms with Crippen molar-refractivity contribution in [3.8, 4) is 17.3 Å². The lowest BCUT2D eigenvalue weighted by molar-refractivity contribution is -0.135. The van der Waals surface area contributed by atoms with Crippen molar-refractivity contribution in [2.45, 2.75) is 32.0 Å². The number of likely N-dealkylation sites (tertiary alicyclic amines) is 1. The number of fused-ring (bicyclic) bond motifs is 1. The molecular formula is C20H19N3O. The van der Waals surface area contributed by atoms with E-state index in [4.69, 9.17) is 5.26 Å². The number of benzene rings is 2. The van der Waals surface area contributed by atoms with Crippen LogP contribution in [-0.4, -0.2) is 28.3 Å². The summed E-state index contributed by atoms with van der Waals surface area (Å²) >= 11 is 0. The average molecular weight is 317 g/mol. The van der Waals surface area contributed by atoms with Gasteiger partial charge in [0.25, 0.3) is 0 Å². The molecule has 1 saturated heterocycles. The van der Waals surface area contributed by atoms with Crippen molar-refractivity contribution < 1.29 is 4.79 Å². The van der Waals surface area contributed by atoms with Crippen molar-refractivity contribution >= 4 is 5.91 Å². The molecule has 2 aromatic rings. The highest BCUT2D eigenvalue weighted by molar-refractivity contribution is 5.83. The fourth-order valence-corrected chi connectivity index (χ4v) is 3.71. The highest BCUT2D eigenvalue weighted by atomic mass is 16.2. The standard InChI is InChI=1S/C20H19N3O/c21-14-22-10-4-7-19(22)20(24)23-12-17-9-8-16(11-18(17)13-23)15-5-2-1-3-6-15/h1-3,5-6,8-9,11,19H,4,7,10,12-13H2. The molecule has 4 rings (SSSR count). The summed E-state index contributed by atoms with van der Waals surface area (Å²) in [5, 5.41) is 9.17. The van der Waals surface area contributed by atoms with E-state index in [1.54, 1.807) is 4.90 Å². The predicted octanol–water partition coefficient (Wildman–Crippen LogP) is 3.14. The smallest absolute Gasteiger partial charge is 0.246 e. The maximum atomic E-state index is 12.8. The number of nitrogens with zero attached hydrogens (tertiary/aromatic N) is 3. The van der Waals surface area contributed by atoms with Crippen LogP contribution in [0.2, 0.25) is 0 Å². The Morgan fingerprint density at radius 3 is 2.62 bits per heavy atom. The number of carbonyl (C=O) groups excluding carboxylic acids is 1. The monoisotopic (exact) mass is 317 g/mol. The van der Waals surface area contributed by atoms with Crippen molar-refractivity contribution in [3.05, 3.63) is 59.7 Å². The van der Waals surface area contributed by atoms with E-state index in [2.05, 4.69) is 36.5 Å². The molecule has 4 heteroatoms. The van der Waals surface area contributed by atoms with Crippen LogP contribution in [0, 0.1) is 11.5 Å². The summed E-state index contributed by atoms with van der Waals surface area (Å²) in [6.07, 6.45) is 3.86. The number of amides is 1. The fraction of sp³-hybridized carbons (Fsp3) is 0.300. The second-order valence-corrected chi connectivity index (χ2v) is 6.50. The van der Waals surface area contributed by atoms with E-state index in [1.807, 2.05) is 23.1 Å². The van der Waals surface area contributed by atoms with Crippen molar-refractivity contribution in [2.75, 3.05) is 6.54 Å². The number of rotatable bonds is 2. The van der Waals surface area contributed by atoms with Gasteiger partial charge in [-0.3, -0.25) is 9.69 Å². The molecule has 2 aliphatic rings. The van der Waals surface area contributed by atoms with E-state index in [0.29, 0.717) is 19.6 Å². The SMILES string of the molecule is N#CN1CCCC1C(=O)N1Cc2ccc(-c3ccccc3)cc2C1. The zero-order valence-corrected chi connectivity index (χ0v) is 13.5. The van der Waals surface area contributed by atoms with Gasteiger partial charge < -0.3 is 4.90 Å². The number of hydrogen-bond acceptors (Lipinski definition) is 3. The highest BCUT2D eigenvalue weighted by Crippen LogP contribution is 2.30. The lowest BCUT2D eigenvalue weighted by atomic mass is 10.0. The van der Waals surface area contributed by atoms with Crippen LogP contribution in [-0.2, 0) is 17.9 Å². The molecule has 0 N–H and O–H groups in total. The number of carbonyl (C=O) groups is 1. The van der Waals surface area contributed by atoms with E-state index in [0.717, 1.165) is 12.8 Å². The van der Waals surface area contributed by atoms with E-state index in [-0.39, 0.29) is 11.9 Å². The first-order chi connectivity index (χ1) is 11.8. The molecule has 1 atom stereocenters. The van der Waals surface area contributed by atoms with Crippen LogP contribution in [0.3, 0.4) is 0 Å². The highest BCUT2D eigenvalue weighted by Gasteiger charge is 2.35. The van der Waals surface area contributed by atoms with Crippen LogP contribution in [0.15, 0.2) is 48.5 Å². The summed E-state index contributed by atoms with van der Waals surface area (Å²) in [5.41, 5.74) is 4.80. The zero-order chi connectivity index (χ0) is 16.5. The van der Waals surface area contributed by atoms with Crippen molar-refractivity contribution in [2.24, 2.45) is 0 Å². The Morgan fingerprint density at radius 1 is 1.04 bits per heavy atom. The minimum atomic E-state index is -0.266. The minimum Gasteiger partial charge on any atom is -0.332 e. The summed E-state index contributed by atoms with van der Waals surface area (Å²) in [6.45, 7) is 2.00. The van der Waals surface area contributed by atoms with Crippen molar-refractivity contribution in [1.82, 2.24) is 9.80 Å². The van der Waals surface area contributed by atoms with Crippen molar-refractivity contribution in [1.29, 1.82) is 5.26 Å². The van der Waals surface area contributed by atoms with Gasteiger partial charge in [-0.05, 0) is 41.2 Å². The molecule has 2 aliphatic heterocycles. The summed E-state index contributed by atoms with van der Waals surface area (Å²) < 4.78 is 0. The zero-order valence-electron chi connectivity index (χ0n) is 13.5. The first kappa shape index (κ1) is 14.8. The topological polar surface area (TPSA) is 47.3 Å². The molecule has 1 fully saturated rings. The van der Waals surface area contributed by atoms with E-state index in [9.17, 15) is 4.79 Å². The Bertz CT molecular complexity index is 809. The third-order valence-electron chi connectivity index (χ3n) is 5.01. The molecule has 0 radical (unpaired) electrons. The lowest BCUT2D eigenvalue weighted by Gasteiger charge is -2.23. The molecule has 0 aromatic heterocycles. The first-order valence-electron chi connectivity index (χ1n) is 8.38. The number of hydrogen-bond donors (Lipinski definition) is 0. The van der Waals surface area contributed by atoms with Crippen LogP contribution in [0.25, 0.3) is 11.1 Å². The van der Waals surface area contributed by atoms with E-state index >= 15 is 0 Å². The Kier molecular flexibility index (Phi) is 3.70. The largest absolute Gasteiger partial charge is 0.332 e. The third kappa shape index (κ3) is 2.52. The van der Waals surface area contributed by atoms with Crippen LogP contribution in [0.4, 0.5) is 0 Å². The Balaban J connectivity index is 1.54. The van der Waals surface area contributed by atoms with Crippen LogP contribution in [0.5, 0.6) is 0 Å². The first-order valence-corrected chi connectivity index (χ1v) is 8.38. The Hall–Kier alpha value is -2.80. The molecule has 1 unspecified atom stereocenters. The lowest BCUT2D eigenvalue weighted by Crippen LogP contribution is -2.41. The molecule has 0 saturated carbocycles. The molecule has 24 heavy (non-hydrogen) atoms.